The van der Waals surface area contributed by atoms with Crippen molar-refractivity contribution >= 4 is 5.91 Å². The van der Waals surface area contributed by atoms with Crippen molar-refractivity contribution in [3.63, 3.8) is 0 Å². The second-order valence-corrected chi connectivity index (χ2v) is 10.6. The van der Waals surface area contributed by atoms with Crippen molar-refractivity contribution in [3.05, 3.63) is 0 Å². The molecule has 0 saturated heterocycles. The van der Waals surface area contributed by atoms with E-state index in [1.807, 2.05) is 0 Å². The van der Waals surface area contributed by atoms with E-state index in [9.17, 15) is 19.4 Å². The number of carbonyl (C=O) groups is 1. The predicted molar refractivity (Wildman–Crippen MR) is 147 cm³/mol. The fourth-order valence-electron chi connectivity index (χ4n) is 4.72. The van der Waals surface area contributed by atoms with E-state index in [2.05, 4.69) is 19.2 Å². The highest BCUT2D eigenvalue weighted by Crippen LogP contribution is 2.16. The third-order valence-corrected chi connectivity index (χ3v) is 7.17. The summed E-state index contributed by atoms with van der Waals surface area (Å²) in [6.07, 6.45) is 23.1. The maximum Gasteiger partial charge on any atom is 0.220 e. The van der Waals surface area contributed by atoms with Gasteiger partial charge in [0.05, 0.1) is 12.6 Å². The highest BCUT2D eigenvalue weighted by molar-refractivity contribution is 5.76. The molecule has 0 spiro atoms. The minimum atomic E-state index is -1.41. The third-order valence-electron chi connectivity index (χ3n) is 7.17. The van der Waals surface area contributed by atoms with Gasteiger partial charge in [-0.15, -0.1) is 0 Å². The zero-order valence-corrected chi connectivity index (χ0v) is 23.4. The summed E-state index contributed by atoms with van der Waals surface area (Å²) in [5.74, 6) is -0.205. The van der Waals surface area contributed by atoms with E-state index < -0.39 is 24.9 Å². The van der Waals surface area contributed by atoms with Crippen molar-refractivity contribution in [1.82, 2.24) is 5.32 Å². The summed E-state index contributed by atoms with van der Waals surface area (Å²) in [4.78, 5) is 12.2. The van der Waals surface area contributed by atoms with E-state index in [0.29, 0.717) is 6.42 Å². The lowest BCUT2D eigenvalue weighted by molar-refractivity contribution is -0.123. The number of aliphatic hydroxyl groups is 2. The Bertz CT molecular complexity index is 449. The summed E-state index contributed by atoms with van der Waals surface area (Å²) in [6, 6.07) is -0.923. The molecule has 0 radical (unpaired) electrons. The van der Waals surface area contributed by atoms with Gasteiger partial charge in [0.2, 0.25) is 5.91 Å². The lowest BCUT2D eigenvalue weighted by atomic mass is 10.00. The number of amides is 1. The summed E-state index contributed by atoms with van der Waals surface area (Å²) in [5.41, 5.74) is 0. The summed E-state index contributed by atoms with van der Waals surface area (Å²) >= 11 is 0. The largest absolute Gasteiger partial charge is 0.394 e. The zero-order chi connectivity index (χ0) is 26.0. The molecule has 210 valence electrons. The number of aliphatic hydroxyl groups excluding tert-OH is 2. The van der Waals surface area contributed by atoms with Crippen molar-refractivity contribution in [3.8, 4) is 0 Å². The van der Waals surface area contributed by atoms with Crippen molar-refractivity contribution in [1.29, 1.82) is 0 Å². The van der Waals surface area contributed by atoms with Gasteiger partial charge in [-0.2, -0.15) is 0 Å². The molecule has 0 bridgehead atoms. The van der Waals surface area contributed by atoms with E-state index in [4.69, 9.17) is 0 Å². The van der Waals surface area contributed by atoms with Gasteiger partial charge in [0, 0.05) is 6.42 Å². The Morgan fingerprint density at radius 2 is 1.03 bits per heavy atom. The highest BCUT2D eigenvalue weighted by atomic mass is 19.1. The van der Waals surface area contributed by atoms with Crippen LogP contribution in [0.15, 0.2) is 0 Å². The van der Waals surface area contributed by atoms with Gasteiger partial charge >= 0.3 is 0 Å². The molecule has 0 aromatic rings. The second kappa shape index (κ2) is 26.4. The van der Waals surface area contributed by atoms with Gasteiger partial charge in [0.15, 0.2) is 0 Å². The van der Waals surface area contributed by atoms with Crippen molar-refractivity contribution in [2.45, 2.75) is 180 Å². The number of carbonyl (C=O) groups excluding carboxylic acids is 1. The molecule has 0 aromatic carbocycles. The number of unbranched alkanes of at least 4 members (excludes halogenated alkanes) is 19. The normalized spacial score (nSPS) is 14.1. The van der Waals surface area contributed by atoms with Crippen molar-refractivity contribution in [2.75, 3.05) is 6.61 Å². The molecular formula is C30H60FNO3. The number of rotatable bonds is 27. The van der Waals surface area contributed by atoms with Crippen LogP contribution in [0.3, 0.4) is 0 Å². The third kappa shape index (κ3) is 22.3. The first-order valence-electron chi connectivity index (χ1n) is 15.3. The van der Waals surface area contributed by atoms with Gasteiger partial charge in [-0.1, -0.05) is 142 Å². The molecule has 3 atom stereocenters. The van der Waals surface area contributed by atoms with E-state index in [1.165, 1.54) is 96.3 Å². The number of alkyl halides is 1. The van der Waals surface area contributed by atoms with Crippen LogP contribution in [0.2, 0.25) is 0 Å². The molecule has 35 heavy (non-hydrogen) atoms. The monoisotopic (exact) mass is 501 g/mol. The average Bonchev–Trinajstić information content (AvgIpc) is 2.86. The van der Waals surface area contributed by atoms with Crippen LogP contribution in [-0.2, 0) is 4.79 Å². The first kappa shape index (κ1) is 34.3. The quantitative estimate of drug-likeness (QED) is 0.0994. The van der Waals surface area contributed by atoms with Crippen LogP contribution < -0.4 is 5.32 Å². The number of halogens is 1. The fraction of sp³-hybridized carbons (Fsp3) is 0.967. The van der Waals surface area contributed by atoms with Gasteiger partial charge in [-0.25, -0.2) is 4.39 Å². The molecule has 4 nitrogen and oxygen atoms in total. The topological polar surface area (TPSA) is 69.6 Å². The van der Waals surface area contributed by atoms with E-state index in [0.717, 1.165) is 38.5 Å². The molecule has 0 fully saturated rings. The number of hydrogen-bond donors (Lipinski definition) is 3. The van der Waals surface area contributed by atoms with Gasteiger partial charge in [0.25, 0.3) is 0 Å². The highest BCUT2D eigenvalue weighted by Gasteiger charge is 2.28. The average molecular weight is 502 g/mol. The molecule has 0 aliphatic carbocycles. The summed E-state index contributed by atoms with van der Waals surface area (Å²) in [7, 11) is 0. The van der Waals surface area contributed by atoms with Crippen LogP contribution >= 0.6 is 0 Å². The van der Waals surface area contributed by atoms with Crippen LogP contribution in [0.1, 0.15) is 162 Å². The molecular weight excluding hydrogens is 441 g/mol. The molecule has 3 N–H and O–H groups in total. The van der Waals surface area contributed by atoms with Crippen molar-refractivity contribution in [2.24, 2.45) is 0 Å². The maximum absolute atomic E-state index is 14.5. The Morgan fingerprint density at radius 3 is 1.43 bits per heavy atom. The summed E-state index contributed by atoms with van der Waals surface area (Å²) in [6.45, 7) is 4.02. The molecule has 0 unspecified atom stereocenters. The lowest BCUT2D eigenvalue weighted by Crippen LogP contribution is -2.49. The Hall–Kier alpha value is -0.680. The van der Waals surface area contributed by atoms with Crippen molar-refractivity contribution < 1.29 is 19.4 Å². The molecule has 0 rings (SSSR count). The first-order valence-corrected chi connectivity index (χ1v) is 15.3. The van der Waals surface area contributed by atoms with Gasteiger partial charge in [0.1, 0.15) is 12.3 Å². The van der Waals surface area contributed by atoms with Crippen LogP contribution in [0.25, 0.3) is 0 Å². The van der Waals surface area contributed by atoms with Crippen LogP contribution in [0.5, 0.6) is 0 Å². The smallest absolute Gasteiger partial charge is 0.220 e. The fourth-order valence-corrected chi connectivity index (χ4v) is 4.72. The van der Waals surface area contributed by atoms with Gasteiger partial charge in [-0.05, 0) is 12.8 Å². The zero-order valence-electron chi connectivity index (χ0n) is 23.4. The lowest BCUT2D eigenvalue weighted by Gasteiger charge is -2.25. The number of nitrogens with one attached hydrogen (secondary N) is 1. The summed E-state index contributed by atoms with van der Waals surface area (Å²) in [5, 5.41) is 22.5. The number of hydrogen-bond acceptors (Lipinski definition) is 3. The SMILES string of the molecule is CCCCCCCCCCCCCC[C@H](F)[C@@H](O)[C@H](CO)NC(=O)CCCCCCCCCCC. The van der Waals surface area contributed by atoms with E-state index in [1.54, 1.807) is 0 Å². The Morgan fingerprint density at radius 1 is 0.657 bits per heavy atom. The van der Waals surface area contributed by atoms with Crippen LogP contribution in [0.4, 0.5) is 4.39 Å². The molecule has 0 saturated carbocycles. The molecule has 0 aromatic heterocycles. The molecule has 0 aliphatic rings. The second-order valence-electron chi connectivity index (χ2n) is 10.6. The summed E-state index contributed by atoms with van der Waals surface area (Å²) < 4.78 is 14.5. The van der Waals surface area contributed by atoms with Crippen LogP contribution in [0, 0.1) is 0 Å². The minimum absolute atomic E-state index is 0.205. The molecule has 0 heterocycles. The Kier molecular flexibility index (Phi) is 25.9. The standard InChI is InChI=1S/C30H60FNO3/c1-3-5-7-9-11-13-14-15-17-18-20-22-24-27(31)30(35)28(26-33)32-29(34)25-23-21-19-16-12-10-8-6-4-2/h27-28,30,33,35H,3-26H2,1-2H3,(H,32,34)/t27-,28-,30+/m0/s1. The van der Waals surface area contributed by atoms with Gasteiger partial charge in [-0.3, -0.25) is 4.79 Å². The first-order chi connectivity index (χ1) is 17.1. The van der Waals surface area contributed by atoms with E-state index >= 15 is 0 Å². The predicted octanol–water partition coefficient (Wildman–Crippen LogP) is 8.17. The van der Waals surface area contributed by atoms with Crippen LogP contribution in [-0.4, -0.2) is 41.0 Å². The van der Waals surface area contributed by atoms with Gasteiger partial charge < -0.3 is 15.5 Å². The molecule has 0 aliphatic heterocycles. The maximum atomic E-state index is 14.5. The van der Waals surface area contributed by atoms with E-state index in [-0.39, 0.29) is 12.3 Å². The Labute approximate surface area is 217 Å². The molecule has 1 amide bonds. The minimum Gasteiger partial charge on any atom is -0.394 e. The molecule has 5 heteroatoms. The Balaban J connectivity index is 3.75.